The Bertz CT molecular complexity index is 2320. The van der Waals surface area contributed by atoms with Crippen molar-refractivity contribution in [2.24, 2.45) is 5.92 Å². The molecule has 1 unspecified atom stereocenters. The van der Waals surface area contributed by atoms with E-state index >= 15 is 4.39 Å². The molecular weight excluding hydrogens is 751 g/mol. The van der Waals surface area contributed by atoms with Gasteiger partial charge >= 0.3 is 18.2 Å². The summed E-state index contributed by atoms with van der Waals surface area (Å²) in [5, 5.41) is 19.1. The zero-order valence-electron chi connectivity index (χ0n) is 32.4. The lowest BCUT2D eigenvalue weighted by Gasteiger charge is -2.35. The van der Waals surface area contributed by atoms with Gasteiger partial charge in [0.25, 0.3) is 0 Å². The minimum atomic E-state index is -1.37. The predicted octanol–water partition coefficient (Wildman–Crippen LogP) is 6.15. The van der Waals surface area contributed by atoms with E-state index in [0.29, 0.717) is 60.8 Å². The first kappa shape index (κ1) is 40.9. The van der Waals surface area contributed by atoms with E-state index < -0.39 is 40.9 Å². The first-order chi connectivity index (χ1) is 27.9. The molecule has 3 amide bonds. The lowest BCUT2D eigenvalue weighted by Crippen LogP contribution is -2.49. The Labute approximate surface area is 333 Å². The number of hydrogen-bond acceptors (Lipinski definition) is 10. The number of aryl methyl sites for hydroxylation is 1. The van der Waals surface area contributed by atoms with Crippen molar-refractivity contribution >= 4 is 46.3 Å². The maximum absolute atomic E-state index is 15.3. The second-order valence-electron chi connectivity index (χ2n) is 14.2. The van der Waals surface area contributed by atoms with Crippen molar-refractivity contribution in [3.05, 3.63) is 123 Å². The molecule has 3 N–H and O–H groups in total. The quantitative estimate of drug-likeness (QED) is 0.117. The largest absolute Gasteiger partial charge is 0.477 e. The number of carbonyl (C=O) groups excluding carboxylic acids is 3. The number of amides is 3. The molecule has 15 nitrogen and oxygen atoms in total. The molecule has 2 aromatic heterocycles. The number of aromatic carboxylic acids is 1. The molecule has 2 atom stereocenters. The van der Waals surface area contributed by atoms with Crippen LogP contribution in [0.25, 0.3) is 10.9 Å². The molecule has 0 radical (unpaired) electrons. The van der Waals surface area contributed by atoms with E-state index in [0.717, 1.165) is 11.6 Å². The second kappa shape index (κ2) is 18.5. The van der Waals surface area contributed by atoms with Crippen molar-refractivity contribution in [1.82, 2.24) is 19.9 Å². The average molecular weight is 797 g/mol. The molecule has 0 spiro atoms. The van der Waals surface area contributed by atoms with Gasteiger partial charge in [-0.1, -0.05) is 54.5 Å². The summed E-state index contributed by atoms with van der Waals surface area (Å²) in [6.45, 7) is 7.57. The van der Waals surface area contributed by atoms with Gasteiger partial charge in [0.1, 0.15) is 30.4 Å². The molecule has 5 aromatic rings. The van der Waals surface area contributed by atoms with Crippen LogP contribution in [0, 0.1) is 11.7 Å². The van der Waals surface area contributed by atoms with Crippen LogP contribution in [0.3, 0.4) is 0 Å². The number of nitrogens with zero attached hydrogens (tertiary/aromatic N) is 4. The highest BCUT2D eigenvalue weighted by molar-refractivity contribution is 5.95. The van der Waals surface area contributed by atoms with Crippen LogP contribution in [0.1, 0.15) is 59.6 Å². The number of nitrogens with one attached hydrogen (secondary N) is 2. The molecule has 304 valence electrons. The third-order valence-electron chi connectivity index (χ3n) is 9.95. The van der Waals surface area contributed by atoms with Crippen molar-refractivity contribution in [3.63, 3.8) is 0 Å². The maximum atomic E-state index is 15.3. The van der Waals surface area contributed by atoms with Crippen LogP contribution in [0.15, 0.2) is 88.3 Å². The molecule has 0 saturated carbocycles. The average Bonchev–Trinajstić information content (AvgIpc) is 3.70. The number of carbonyl (C=O) groups is 4. The maximum Gasteiger partial charge on any atom is 0.410 e. The Kier molecular flexibility index (Phi) is 13.1. The summed E-state index contributed by atoms with van der Waals surface area (Å²) in [7, 11) is 0. The number of piperazine rings is 1. The number of hydrogen-bond donors (Lipinski definition) is 3. The molecule has 58 heavy (non-hydrogen) atoms. The summed E-state index contributed by atoms with van der Waals surface area (Å²) in [4.78, 5) is 65.6. The van der Waals surface area contributed by atoms with Gasteiger partial charge in [-0.2, -0.15) is 0 Å². The third kappa shape index (κ3) is 9.99. The van der Waals surface area contributed by atoms with E-state index in [1.807, 2.05) is 37.3 Å². The number of carboxylic acid groups (broad SMARTS) is 1. The van der Waals surface area contributed by atoms with E-state index in [9.17, 15) is 29.1 Å². The summed E-state index contributed by atoms with van der Waals surface area (Å²) in [6, 6.07) is 20.7. The first-order valence-electron chi connectivity index (χ1n) is 19.0. The molecule has 0 aliphatic carbocycles. The second-order valence-corrected chi connectivity index (χ2v) is 14.2. The van der Waals surface area contributed by atoms with Gasteiger partial charge in [0, 0.05) is 69.0 Å². The van der Waals surface area contributed by atoms with Crippen molar-refractivity contribution in [3.8, 4) is 0 Å². The summed E-state index contributed by atoms with van der Waals surface area (Å²) in [6.07, 6.45) is 0.734. The molecule has 1 aliphatic rings. The van der Waals surface area contributed by atoms with Gasteiger partial charge in [-0.3, -0.25) is 9.59 Å². The van der Waals surface area contributed by atoms with Crippen LogP contribution in [-0.4, -0.2) is 76.5 Å². The standard InChI is InChI=1S/C42H45FN6O9/c1-4-47-23-33(40(52)53)38(50)32-20-34(43)37(21-36(32)47)48-14-16-49(17-15-48)42(55)57-25-29-10-12-30(13-11-29)45-39(51)27(3)35-19-31(58-46-35)18-26(2)22-44-41(54)56-24-28-8-6-5-7-9-28/h5-13,19-21,23,26-27H,4,14-18,22,24-25H2,1-3H3,(H,44,54)(H,45,51)(H,52,53)/t26-,27?/m0/s1. The fraction of sp³-hybridized carbons (Fsp3) is 0.333. The Morgan fingerprint density at radius 3 is 2.31 bits per heavy atom. The highest BCUT2D eigenvalue weighted by Gasteiger charge is 2.26. The minimum absolute atomic E-state index is 0.000385. The number of fused-ring (bicyclic) bond motifs is 1. The zero-order chi connectivity index (χ0) is 41.3. The van der Waals surface area contributed by atoms with E-state index in [1.54, 1.807) is 59.7 Å². The molecule has 3 aromatic carbocycles. The SMILES string of the molecule is CCn1cc(C(=O)O)c(=O)c2cc(F)c(N3CCN(C(=O)OCc4ccc(NC(=O)C(C)c5cc(C[C@H](C)CNC(=O)OCc6ccccc6)on5)cc4)CC3)cc21. The highest BCUT2D eigenvalue weighted by Crippen LogP contribution is 2.27. The number of alkyl carbamates (subject to hydrolysis) is 1. The first-order valence-corrected chi connectivity index (χ1v) is 19.0. The molecule has 1 aliphatic heterocycles. The smallest absolute Gasteiger partial charge is 0.410 e. The molecule has 6 rings (SSSR count). The number of rotatable bonds is 14. The van der Waals surface area contributed by atoms with Gasteiger partial charge in [-0.05, 0) is 55.2 Å². The van der Waals surface area contributed by atoms with E-state index in [1.165, 1.54) is 11.1 Å². The van der Waals surface area contributed by atoms with Crippen LogP contribution >= 0.6 is 0 Å². The highest BCUT2D eigenvalue weighted by atomic mass is 19.1. The number of halogens is 1. The predicted molar refractivity (Wildman–Crippen MR) is 212 cm³/mol. The fourth-order valence-electron chi connectivity index (χ4n) is 6.57. The Hall–Kier alpha value is -6.71. The summed E-state index contributed by atoms with van der Waals surface area (Å²) in [5.74, 6) is -2.31. The Morgan fingerprint density at radius 1 is 0.931 bits per heavy atom. The van der Waals surface area contributed by atoms with Gasteiger partial charge < -0.3 is 44.1 Å². The summed E-state index contributed by atoms with van der Waals surface area (Å²) in [5.41, 5.74) is 2.14. The summed E-state index contributed by atoms with van der Waals surface area (Å²) < 4.78 is 33.2. The van der Waals surface area contributed by atoms with Gasteiger partial charge in [-0.15, -0.1) is 0 Å². The van der Waals surface area contributed by atoms with Crippen LogP contribution in [-0.2, 0) is 40.4 Å². The third-order valence-corrected chi connectivity index (χ3v) is 9.95. The Balaban J connectivity index is 0.928. The van der Waals surface area contributed by atoms with Crippen LogP contribution in [0.2, 0.25) is 0 Å². The molecule has 1 saturated heterocycles. The number of anilines is 2. The van der Waals surface area contributed by atoms with Gasteiger partial charge in [-0.25, -0.2) is 18.8 Å². The number of aromatic nitrogens is 2. The van der Waals surface area contributed by atoms with Crippen molar-refractivity contribution < 1.29 is 42.7 Å². The minimum Gasteiger partial charge on any atom is -0.477 e. The Morgan fingerprint density at radius 2 is 1.62 bits per heavy atom. The molecule has 16 heteroatoms. The molecule has 1 fully saturated rings. The van der Waals surface area contributed by atoms with Crippen LogP contribution in [0.4, 0.5) is 25.4 Å². The zero-order valence-corrected chi connectivity index (χ0v) is 32.4. The van der Waals surface area contributed by atoms with Crippen molar-refractivity contribution in [2.75, 3.05) is 42.9 Å². The number of pyridine rings is 1. The van der Waals surface area contributed by atoms with Crippen molar-refractivity contribution in [1.29, 1.82) is 0 Å². The molecular formula is C42H45FN6O9. The number of ether oxygens (including phenoxy) is 2. The van der Waals surface area contributed by atoms with E-state index in [-0.39, 0.29) is 49.2 Å². The number of carboxylic acids is 1. The van der Waals surface area contributed by atoms with Gasteiger partial charge in [0.2, 0.25) is 11.3 Å². The van der Waals surface area contributed by atoms with Gasteiger partial charge in [0.05, 0.1) is 22.8 Å². The van der Waals surface area contributed by atoms with Crippen LogP contribution < -0.4 is 21.0 Å². The van der Waals surface area contributed by atoms with E-state index in [4.69, 9.17) is 14.0 Å². The summed E-state index contributed by atoms with van der Waals surface area (Å²) >= 11 is 0. The number of benzene rings is 3. The fourth-order valence-corrected chi connectivity index (χ4v) is 6.57. The van der Waals surface area contributed by atoms with Crippen molar-refractivity contribution in [2.45, 2.75) is 52.9 Å². The normalized spacial score (nSPS) is 13.8. The lowest BCUT2D eigenvalue weighted by molar-refractivity contribution is -0.117. The van der Waals surface area contributed by atoms with E-state index in [2.05, 4.69) is 15.8 Å². The topological polar surface area (TPSA) is 186 Å². The van der Waals surface area contributed by atoms with Gasteiger partial charge in [0.15, 0.2) is 0 Å². The molecule has 0 bridgehead atoms. The molecule has 3 heterocycles. The lowest BCUT2D eigenvalue weighted by atomic mass is 10.0. The van der Waals surface area contributed by atoms with Crippen LogP contribution in [0.5, 0.6) is 0 Å². The monoisotopic (exact) mass is 796 g/mol.